The third-order valence-electron chi connectivity index (χ3n) is 2.62. The van der Waals surface area contributed by atoms with Crippen molar-refractivity contribution in [2.24, 2.45) is 5.73 Å². The Morgan fingerprint density at radius 3 is 2.71 bits per heavy atom. The molecule has 0 radical (unpaired) electrons. The van der Waals surface area contributed by atoms with Gasteiger partial charge >= 0.3 is 6.03 Å². The SMILES string of the molecule is NC(CN1C(=O)CNC1=O)c1ccccc1F. The monoisotopic (exact) mass is 237 g/mol. The van der Waals surface area contributed by atoms with Crippen LogP contribution in [0, 0.1) is 5.82 Å². The van der Waals surface area contributed by atoms with Gasteiger partial charge < -0.3 is 11.1 Å². The van der Waals surface area contributed by atoms with E-state index < -0.39 is 17.9 Å². The third kappa shape index (κ3) is 2.26. The highest BCUT2D eigenvalue weighted by atomic mass is 19.1. The molecule has 6 heteroatoms. The van der Waals surface area contributed by atoms with Crippen LogP contribution in [0.2, 0.25) is 0 Å². The Labute approximate surface area is 97.4 Å². The summed E-state index contributed by atoms with van der Waals surface area (Å²) in [6, 6.07) is 4.84. The number of carbonyl (C=O) groups excluding carboxylic acids is 2. The van der Waals surface area contributed by atoms with E-state index in [-0.39, 0.29) is 19.0 Å². The molecule has 3 N–H and O–H groups in total. The average molecular weight is 237 g/mol. The van der Waals surface area contributed by atoms with Crippen molar-refractivity contribution in [2.75, 3.05) is 13.1 Å². The van der Waals surface area contributed by atoms with Crippen LogP contribution in [0.25, 0.3) is 0 Å². The Bertz CT molecular complexity index is 448. The predicted molar refractivity (Wildman–Crippen MR) is 58.4 cm³/mol. The predicted octanol–water partition coefficient (Wildman–Crippen LogP) is 0.377. The van der Waals surface area contributed by atoms with Gasteiger partial charge in [-0.05, 0) is 6.07 Å². The van der Waals surface area contributed by atoms with Crippen LogP contribution >= 0.6 is 0 Å². The van der Waals surface area contributed by atoms with Gasteiger partial charge in [0.25, 0.3) is 0 Å². The number of benzene rings is 1. The van der Waals surface area contributed by atoms with Crippen LogP contribution in [0.3, 0.4) is 0 Å². The molecule has 2 rings (SSSR count). The minimum Gasteiger partial charge on any atom is -0.329 e. The van der Waals surface area contributed by atoms with Gasteiger partial charge in [-0.2, -0.15) is 0 Å². The first-order chi connectivity index (χ1) is 8.09. The van der Waals surface area contributed by atoms with Gasteiger partial charge in [0.05, 0.1) is 12.6 Å². The van der Waals surface area contributed by atoms with E-state index in [1.54, 1.807) is 18.2 Å². The molecule has 1 fully saturated rings. The van der Waals surface area contributed by atoms with Crippen molar-refractivity contribution in [3.05, 3.63) is 35.6 Å². The molecular formula is C11H12FN3O2. The second kappa shape index (κ2) is 4.50. The van der Waals surface area contributed by atoms with Crippen molar-refractivity contribution in [2.45, 2.75) is 6.04 Å². The van der Waals surface area contributed by atoms with Crippen molar-refractivity contribution < 1.29 is 14.0 Å². The van der Waals surface area contributed by atoms with Gasteiger partial charge in [0.2, 0.25) is 5.91 Å². The zero-order chi connectivity index (χ0) is 12.4. The van der Waals surface area contributed by atoms with Crippen LogP contribution in [0.1, 0.15) is 11.6 Å². The Balaban J connectivity index is 2.12. The molecule has 1 unspecified atom stereocenters. The largest absolute Gasteiger partial charge is 0.329 e. The highest BCUT2D eigenvalue weighted by Crippen LogP contribution is 2.16. The van der Waals surface area contributed by atoms with E-state index in [4.69, 9.17) is 5.73 Å². The molecular weight excluding hydrogens is 225 g/mol. The fourth-order valence-corrected chi connectivity index (χ4v) is 1.71. The Hall–Kier alpha value is -1.95. The number of urea groups is 1. The summed E-state index contributed by atoms with van der Waals surface area (Å²) in [4.78, 5) is 23.6. The number of hydrogen-bond donors (Lipinski definition) is 2. The fraction of sp³-hybridized carbons (Fsp3) is 0.273. The first-order valence-electron chi connectivity index (χ1n) is 5.18. The first-order valence-corrected chi connectivity index (χ1v) is 5.18. The second-order valence-corrected chi connectivity index (χ2v) is 3.79. The van der Waals surface area contributed by atoms with Crippen LogP contribution in [0.4, 0.5) is 9.18 Å². The molecule has 5 nitrogen and oxygen atoms in total. The number of amides is 3. The van der Waals surface area contributed by atoms with E-state index in [1.165, 1.54) is 6.07 Å². The molecule has 0 aliphatic carbocycles. The van der Waals surface area contributed by atoms with E-state index in [0.717, 1.165) is 4.90 Å². The molecule has 90 valence electrons. The zero-order valence-electron chi connectivity index (χ0n) is 9.02. The van der Waals surface area contributed by atoms with Gasteiger partial charge in [0, 0.05) is 12.1 Å². The van der Waals surface area contributed by atoms with Crippen LogP contribution in [0.15, 0.2) is 24.3 Å². The molecule has 1 atom stereocenters. The number of nitrogens with two attached hydrogens (primary N) is 1. The lowest BCUT2D eigenvalue weighted by Gasteiger charge is -2.18. The number of carbonyl (C=O) groups is 2. The van der Waals surface area contributed by atoms with Gasteiger partial charge in [-0.3, -0.25) is 9.69 Å². The quantitative estimate of drug-likeness (QED) is 0.746. The summed E-state index contributed by atoms with van der Waals surface area (Å²) in [6.07, 6.45) is 0. The zero-order valence-corrected chi connectivity index (χ0v) is 9.02. The molecule has 1 heterocycles. The first kappa shape index (κ1) is 11.5. The van der Waals surface area contributed by atoms with E-state index in [0.29, 0.717) is 5.56 Å². The topological polar surface area (TPSA) is 75.4 Å². The minimum atomic E-state index is -0.719. The number of hydrogen-bond acceptors (Lipinski definition) is 3. The Kier molecular flexibility index (Phi) is 3.06. The summed E-state index contributed by atoms with van der Waals surface area (Å²) in [5, 5.41) is 2.38. The summed E-state index contributed by atoms with van der Waals surface area (Å²) in [5.74, 6) is -0.783. The summed E-state index contributed by atoms with van der Waals surface area (Å²) in [6.45, 7) is -0.0472. The summed E-state index contributed by atoms with van der Waals surface area (Å²) in [7, 11) is 0. The summed E-state index contributed by atoms with van der Waals surface area (Å²) in [5.41, 5.74) is 6.08. The van der Waals surface area contributed by atoms with Crippen molar-refractivity contribution in [3.8, 4) is 0 Å². The standard InChI is InChI=1S/C11H12FN3O2/c12-8-4-2-1-3-7(8)9(13)6-15-10(16)5-14-11(15)17/h1-4,9H,5-6,13H2,(H,14,17). The van der Waals surface area contributed by atoms with Gasteiger partial charge in [-0.25, -0.2) is 9.18 Å². The van der Waals surface area contributed by atoms with E-state index in [9.17, 15) is 14.0 Å². The maximum absolute atomic E-state index is 13.4. The Morgan fingerprint density at radius 1 is 1.41 bits per heavy atom. The second-order valence-electron chi connectivity index (χ2n) is 3.79. The molecule has 0 spiro atoms. The van der Waals surface area contributed by atoms with Gasteiger partial charge in [0.15, 0.2) is 0 Å². The van der Waals surface area contributed by atoms with Crippen molar-refractivity contribution in [1.82, 2.24) is 10.2 Å². The third-order valence-corrected chi connectivity index (χ3v) is 2.62. The van der Waals surface area contributed by atoms with Crippen molar-refractivity contribution >= 4 is 11.9 Å². The normalized spacial score (nSPS) is 17.2. The van der Waals surface area contributed by atoms with Crippen LogP contribution < -0.4 is 11.1 Å². The molecule has 1 aromatic rings. The average Bonchev–Trinajstić information content (AvgIpc) is 2.61. The number of nitrogens with one attached hydrogen (secondary N) is 1. The lowest BCUT2D eigenvalue weighted by atomic mass is 10.1. The molecule has 1 aliphatic rings. The van der Waals surface area contributed by atoms with E-state index in [2.05, 4.69) is 5.32 Å². The number of rotatable bonds is 3. The molecule has 3 amide bonds. The lowest BCUT2D eigenvalue weighted by molar-refractivity contribution is -0.125. The molecule has 0 saturated carbocycles. The van der Waals surface area contributed by atoms with Crippen LogP contribution in [-0.4, -0.2) is 29.9 Å². The van der Waals surface area contributed by atoms with Crippen molar-refractivity contribution in [3.63, 3.8) is 0 Å². The summed E-state index contributed by atoms with van der Waals surface area (Å²) < 4.78 is 13.4. The fourth-order valence-electron chi connectivity index (χ4n) is 1.71. The highest BCUT2D eigenvalue weighted by molar-refractivity contribution is 6.01. The van der Waals surface area contributed by atoms with Gasteiger partial charge in [-0.1, -0.05) is 18.2 Å². The van der Waals surface area contributed by atoms with E-state index in [1.807, 2.05) is 0 Å². The maximum Gasteiger partial charge on any atom is 0.324 e. The minimum absolute atomic E-state index is 0.0222. The molecule has 1 aromatic carbocycles. The van der Waals surface area contributed by atoms with E-state index >= 15 is 0 Å². The van der Waals surface area contributed by atoms with Gasteiger partial charge in [-0.15, -0.1) is 0 Å². The molecule has 1 aliphatic heterocycles. The highest BCUT2D eigenvalue weighted by Gasteiger charge is 2.30. The summed E-state index contributed by atoms with van der Waals surface area (Å²) >= 11 is 0. The van der Waals surface area contributed by atoms with Gasteiger partial charge in [0.1, 0.15) is 5.82 Å². The number of halogens is 1. The maximum atomic E-state index is 13.4. The molecule has 17 heavy (non-hydrogen) atoms. The smallest absolute Gasteiger partial charge is 0.324 e. The molecule has 0 aromatic heterocycles. The Morgan fingerprint density at radius 2 is 2.12 bits per heavy atom. The number of nitrogens with zero attached hydrogens (tertiary/aromatic N) is 1. The van der Waals surface area contributed by atoms with Crippen molar-refractivity contribution in [1.29, 1.82) is 0 Å². The number of imide groups is 1. The molecule has 1 saturated heterocycles. The molecule has 0 bridgehead atoms. The van der Waals surface area contributed by atoms with Crippen LogP contribution in [0.5, 0.6) is 0 Å². The van der Waals surface area contributed by atoms with Crippen LogP contribution in [-0.2, 0) is 4.79 Å². The lowest BCUT2D eigenvalue weighted by Crippen LogP contribution is -2.37.